The van der Waals surface area contributed by atoms with Crippen LogP contribution in [0.25, 0.3) is 0 Å². The Morgan fingerprint density at radius 2 is 2.00 bits per heavy atom. The van der Waals surface area contributed by atoms with Crippen LogP contribution in [0.3, 0.4) is 0 Å². The first-order valence-corrected chi connectivity index (χ1v) is 6.17. The highest BCUT2D eigenvalue weighted by atomic mass is 19.1. The SMILES string of the molecule is CCNc1nc(OCCC(C)(C)OC)c(F)cc1F. The first-order chi connectivity index (χ1) is 8.89. The highest BCUT2D eigenvalue weighted by Gasteiger charge is 2.18. The summed E-state index contributed by atoms with van der Waals surface area (Å²) in [6.45, 7) is 6.32. The molecule has 108 valence electrons. The van der Waals surface area contributed by atoms with Crippen LogP contribution in [0.1, 0.15) is 27.2 Å². The first kappa shape index (κ1) is 15.6. The number of halogens is 2. The van der Waals surface area contributed by atoms with E-state index in [2.05, 4.69) is 10.3 Å². The lowest BCUT2D eigenvalue weighted by molar-refractivity contribution is 0.00472. The van der Waals surface area contributed by atoms with Crippen molar-refractivity contribution >= 4 is 5.82 Å². The molecule has 0 amide bonds. The molecule has 1 aromatic heterocycles. The minimum atomic E-state index is -0.811. The molecule has 0 aliphatic rings. The van der Waals surface area contributed by atoms with Gasteiger partial charge < -0.3 is 14.8 Å². The second kappa shape index (κ2) is 6.65. The molecule has 6 heteroatoms. The van der Waals surface area contributed by atoms with E-state index in [9.17, 15) is 8.78 Å². The minimum Gasteiger partial charge on any atom is -0.475 e. The molecule has 0 saturated heterocycles. The highest BCUT2D eigenvalue weighted by molar-refractivity contribution is 5.39. The molecule has 0 radical (unpaired) electrons. The molecule has 1 N–H and O–H groups in total. The van der Waals surface area contributed by atoms with Gasteiger partial charge in [0.2, 0.25) is 0 Å². The number of anilines is 1. The van der Waals surface area contributed by atoms with E-state index >= 15 is 0 Å². The fraction of sp³-hybridized carbons (Fsp3) is 0.615. The van der Waals surface area contributed by atoms with Crippen molar-refractivity contribution in [2.24, 2.45) is 0 Å². The number of aromatic nitrogens is 1. The molecule has 0 aliphatic carbocycles. The van der Waals surface area contributed by atoms with E-state index in [0.717, 1.165) is 6.07 Å². The number of nitrogens with one attached hydrogen (secondary N) is 1. The largest absolute Gasteiger partial charge is 0.475 e. The fourth-order valence-corrected chi connectivity index (χ4v) is 1.34. The molecule has 4 nitrogen and oxygen atoms in total. The standard InChI is InChI=1S/C13H20F2N2O2/c1-5-16-11-9(14)8-10(15)12(17-11)19-7-6-13(2,3)18-4/h8H,5-7H2,1-4H3,(H,16,17). The molecule has 0 aliphatic heterocycles. The molecule has 0 saturated carbocycles. The van der Waals surface area contributed by atoms with Crippen molar-refractivity contribution in [1.29, 1.82) is 0 Å². The van der Waals surface area contributed by atoms with Crippen LogP contribution in [-0.4, -0.2) is 30.8 Å². The lowest BCUT2D eigenvalue weighted by atomic mass is 10.1. The fourth-order valence-electron chi connectivity index (χ4n) is 1.34. The molecule has 1 heterocycles. The molecule has 19 heavy (non-hydrogen) atoms. The maximum Gasteiger partial charge on any atom is 0.252 e. The van der Waals surface area contributed by atoms with E-state index in [0.29, 0.717) is 13.0 Å². The lowest BCUT2D eigenvalue weighted by Gasteiger charge is -2.22. The van der Waals surface area contributed by atoms with Crippen molar-refractivity contribution in [2.45, 2.75) is 32.8 Å². The number of nitrogens with zero attached hydrogens (tertiary/aromatic N) is 1. The summed E-state index contributed by atoms with van der Waals surface area (Å²) in [5, 5.41) is 2.70. The Bertz CT molecular complexity index is 425. The monoisotopic (exact) mass is 274 g/mol. The van der Waals surface area contributed by atoms with Gasteiger partial charge in [0.1, 0.15) is 0 Å². The second-order valence-corrected chi connectivity index (χ2v) is 4.70. The van der Waals surface area contributed by atoms with Gasteiger partial charge in [0.25, 0.3) is 5.88 Å². The van der Waals surface area contributed by atoms with E-state index in [1.54, 1.807) is 14.0 Å². The molecular weight excluding hydrogens is 254 g/mol. The van der Waals surface area contributed by atoms with Crippen LogP contribution in [0.2, 0.25) is 0 Å². The molecule has 0 spiro atoms. The molecule has 0 bridgehead atoms. The number of hydrogen-bond donors (Lipinski definition) is 1. The average Bonchev–Trinajstić information content (AvgIpc) is 2.35. The zero-order valence-electron chi connectivity index (χ0n) is 11.7. The average molecular weight is 274 g/mol. The normalized spacial score (nSPS) is 11.5. The van der Waals surface area contributed by atoms with Gasteiger partial charge >= 0.3 is 0 Å². The zero-order chi connectivity index (χ0) is 14.5. The molecule has 0 atom stereocenters. The van der Waals surface area contributed by atoms with Gasteiger partial charge in [0.15, 0.2) is 17.5 Å². The van der Waals surface area contributed by atoms with Crippen LogP contribution in [0.4, 0.5) is 14.6 Å². The Kier molecular flexibility index (Phi) is 5.47. The van der Waals surface area contributed by atoms with Gasteiger partial charge in [-0.25, -0.2) is 8.78 Å². The predicted molar refractivity (Wildman–Crippen MR) is 69.5 cm³/mol. The highest BCUT2D eigenvalue weighted by Crippen LogP contribution is 2.22. The summed E-state index contributed by atoms with van der Waals surface area (Å²) in [7, 11) is 1.60. The van der Waals surface area contributed by atoms with Gasteiger partial charge in [-0.1, -0.05) is 0 Å². The van der Waals surface area contributed by atoms with Crippen molar-refractivity contribution in [1.82, 2.24) is 4.98 Å². The van der Waals surface area contributed by atoms with E-state index in [-0.39, 0.29) is 23.9 Å². The molecule has 0 unspecified atom stereocenters. The van der Waals surface area contributed by atoms with Crippen molar-refractivity contribution in [2.75, 3.05) is 25.6 Å². The quantitative estimate of drug-likeness (QED) is 0.830. The Morgan fingerprint density at radius 1 is 1.32 bits per heavy atom. The topological polar surface area (TPSA) is 43.4 Å². The number of methoxy groups -OCH3 is 1. The molecule has 1 aromatic rings. The van der Waals surface area contributed by atoms with Crippen molar-refractivity contribution in [3.63, 3.8) is 0 Å². The van der Waals surface area contributed by atoms with Crippen LogP contribution >= 0.6 is 0 Å². The number of rotatable bonds is 7. The summed E-state index contributed by atoms with van der Waals surface area (Å²) in [5.74, 6) is -1.76. The summed E-state index contributed by atoms with van der Waals surface area (Å²) in [6, 6.07) is 0.766. The van der Waals surface area contributed by atoms with Crippen molar-refractivity contribution in [3.05, 3.63) is 17.7 Å². The van der Waals surface area contributed by atoms with E-state index in [1.807, 2.05) is 13.8 Å². The Hall–Kier alpha value is -1.43. The second-order valence-electron chi connectivity index (χ2n) is 4.70. The van der Waals surface area contributed by atoms with Crippen LogP contribution in [0, 0.1) is 11.6 Å². The van der Waals surface area contributed by atoms with E-state index in [1.165, 1.54) is 0 Å². The summed E-state index contributed by atoms with van der Waals surface area (Å²) < 4.78 is 37.3. The lowest BCUT2D eigenvalue weighted by Crippen LogP contribution is -2.25. The third kappa shape index (κ3) is 4.63. The third-order valence-electron chi connectivity index (χ3n) is 2.74. The summed E-state index contributed by atoms with van der Waals surface area (Å²) >= 11 is 0. The Balaban J connectivity index is 2.70. The molecule has 1 rings (SSSR count). The maximum atomic E-state index is 13.5. The van der Waals surface area contributed by atoms with E-state index < -0.39 is 11.6 Å². The van der Waals surface area contributed by atoms with Crippen LogP contribution < -0.4 is 10.1 Å². The van der Waals surface area contributed by atoms with Gasteiger partial charge in [-0.05, 0) is 20.8 Å². The summed E-state index contributed by atoms with van der Waals surface area (Å²) in [5.41, 5.74) is -0.360. The van der Waals surface area contributed by atoms with Crippen LogP contribution in [0.15, 0.2) is 6.07 Å². The van der Waals surface area contributed by atoms with Crippen LogP contribution in [-0.2, 0) is 4.74 Å². The number of hydrogen-bond acceptors (Lipinski definition) is 4. The first-order valence-electron chi connectivity index (χ1n) is 6.17. The van der Waals surface area contributed by atoms with Gasteiger partial charge in [0, 0.05) is 26.1 Å². The van der Waals surface area contributed by atoms with E-state index in [4.69, 9.17) is 9.47 Å². The van der Waals surface area contributed by atoms with Gasteiger partial charge in [0.05, 0.1) is 12.2 Å². The molecule has 0 aromatic carbocycles. The van der Waals surface area contributed by atoms with Gasteiger partial charge in [-0.3, -0.25) is 0 Å². The van der Waals surface area contributed by atoms with Crippen molar-refractivity contribution < 1.29 is 18.3 Å². The Morgan fingerprint density at radius 3 is 2.58 bits per heavy atom. The van der Waals surface area contributed by atoms with Gasteiger partial charge in [-0.15, -0.1) is 0 Å². The summed E-state index contributed by atoms with van der Waals surface area (Å²) in [4.78, 5) is 3.78. The van der Waals surface area contributed by atoms with Gasteiger partial charge in [-0.2, -0.15) is 4.98 Å². The third-order valence-corrected chi connectivity index (χ3v) is 2.74. The summed E-state index contributed by atoms with van der Waals surface area (Å²) in [6.07, 6.45) is 0.568. The molecular formula is C13H20F2N2O2. The maximum absolute atomic E-state index is 13.5. The predicted octanol–water partition coefficient (Wildman–Crippen LogP) is 2.99. The Labute approximate surface area is 112 Å². The zero-order valence-corrected chi connectivity index (χ0v) is 11.7. The number of ether oxygens (including phenoxy) is 2. The van der Waals surface area contributed by atoms with Crippen LogP contribution in [0.5, 0.6) is 5.88 Å². The number of pyridine rings is 1. The molecule has 0 fully saturated rings. The smallest absolute Gasteiger partial charge is 0.252 e. The van der Waals surface area contributed by atoms with Crippen molar-refractivity contribution in [3.8, 4) is 5.88 Å². The minimum absolute atomic E-state index is 0.00935.